The summed E-state index contributed by atoms with van der Waals surface area (Å²) >= 11 is 0. The summed E-state index contributed by atoms with van der Waals surface area (Å²) in [6.07, 6.45) is 1.16. The van der Waals surface area contributed by atoms with Crippen molar-refractivity contribution in [3.8, 4) is 5.75 Å². The number of fused-ring (bicyclic) bond motifs is 1. The van der Waals surface area contributed by atoms with Crippen LogP contribution in [-0.4, -0.2) is 40.9 Å². The largest absolute Gasteiger partial charge is 0.497 e. The Morgan fingerprint density at radius 1 is 1.45 bits per heavy atom. The van der Waals surface area contributed by atoms with Gasteiger partial charge in [-0.25, -0.2) is 8.42 Å². The molecule has 0 fully saturated rings. The number of carbonyl (C=O) groups excluding carboxylic acids is 1. The van der Waals surface area contributed by atoms with Gasteiger partial charge >= 0.3 is 5.97 Å². The number of rotatable bonds is 4. The maximum atomic E-state index is 11.9. The van der Waals surface area contributed by atoms with Gasteiger partial charge in [-0.3, -0.25) is 9.10 Å². The number of hydrogen-bond donors (Lipinski definition) is 0. The van der Waals surface area contributed by atoms with E-state index in [0.29, 0.717) is 11.4 Å². The molecule has 0 unspecified atom stereocenters. The van der Waals surface area contributed by atoms with Crippen molar-refractivity contribution in [2.24, 2.45) is 0 Å². The van der Waals surface area contributed by atoms with E-state index in [1.54, 1.807) is 12.1 Å². The zero-order chi connectivity index (χ0) is 14.9. The Hall–Kier alpha value is -1.76. The summed E-state index contributed by atoms with van der Waals surface area (Å²) in [5.41, 5.74) is 1.43. The highest BCUT2D eigenvalue weighted by atomic mass is 32.2. The van der Waals surface area contributed by atoms with Crippen molar-refractivity contribution >= 4 is 21.7 Å². The Morgan fingerprint density at radius 2 is 2.15 bits per heavy atom. The van der Waals surface area contributed by atoms with Crippen LogP contribution < -0.4 is 9.04 Å². The van der Waals surface area contributed by atoms with E-state index in [2.05, 4.69) is 0 Å². The summed E-state index contributed by atoms with van der Waals surface area (Å²) in [7, 11) is -1.85. The molecule has 1 aliphatic heterocycles. The smallest absolute Gasteiger partial charge is 0.302 e. The minimum Gasteiger partial charge on any atom is -0.497 e. The molecule has 1 aromatic rings. The maximum Gasteiger partial charge on any atom is 0.302 e. The number of esters is 1. The first-order valence-electron chi connectivity index (χ1n) is 6.12. The first-order valence-corrected chi connectivity index (χ1v) is 7.96. The normalized spacial score (nSPS) is 17.8. The van der Waals surface area contributed by atoms with E-state index in [9.17, 15) is 13.2 Å². The fourth-order valence-corrected chi connectivity index (χ4v) is 3.25. The van der Waals surface area contributed by atoms with Gasteiger partial charge in [0.05, 0.1) is 25.7 Å². The van der Waals surface area contributed by atoms with Gasteiger partial charge in [0, 0.05) is 25.5 Å². The second kappa shape index (κ2) is 5.32. The zero-order valence-corrected chi connectivity index (χ0v) is 12.4. The summed E-state index contributed by atoms with van der Waals surface area (Å²) in [6.45, 7) is 1.77. The molecule has 20 heavy (non-hydrogen) atoms. The summed E-state index contributed by atoms with van der Waals surface area (Å²) in [5, 5.41) is 0. The first-order chi connectivity index (χ1) is 9.32. The molecule has 1 heterocycles. The number of anilines is 1. The summed E-state index contributed by atoms with van der Waals surface area (Å²) in [6, 6.07) is 5.27. The SMILES string of the molecule is COc1ccc2c(c1)N(S(C)(=O)=O)C[C@H]2COC(C)=O. The van der Waals surface area contributed by atoms with Gasteiger partial charge in [0.2, 0.25) is 10.0 Å². The van der Waals surface area contributed by atoms with Gasteiger partial charge in [0.25, 0.3) is 0 Å². The van der Waals surface area contributed by atoms with Gasteiger partial charge in [-0.2, -0.15) is 0 Å². The van der Waals surface area contributed by atoms with Crippen LogP contribution in [0.25, 0.3) is 0 Å². The van der Waals surface area contributed by atoms with E-state index >= 15 is 0 Å². The van der Waals surface area contributed by atoms with Crippen molar-refractivity contribution in [1.82, 2.24) is 0 Å². The number of benzene rings is 1. The van der Waals surface area contributed by atoms with E-state index in [-0.39, 0.29) is 25.0 Å². The molecule has 0 N–H and O–H groups in total. The number of sulfonamides is 1. The summed E-state index contributed by atoms with van der Waals surface area (Å²) in [4.78, 5) is 10.9. The summed E-state index contributed by atoms with van der Waals surface area (Å²) in [5.74, 6) is 0.0536. The number of carbonyl (C=O) groups is 1. The number of hydrogen-bond acceptors (Lipinski definition) is 5. The highest BCUT2D eigenvalue weighted by Crippen LogP contribution is 2.40. The first kappa shape index (κ1) is 14.6. The molecule has 0 spiro atoms. The lowest BCUT2D eigenvalue weighted by Gasteiger charge is -2.17. The van der Waals surface area contributed by atoms with Crippen molar-refractivity contribution in [2.75, 3.05) is 30.8 Å². The zero-order valence-electron chi connectivity index (χ0n) is 11.6. The number of nitrogens with zero attached hydrogens (tertiary/aromatic N) is 1. The van der Waals surface area contributed by atoms with Gasteiger partial charge < -0.3 is 9.47 Å². The van der Waals surface area contributed by atoms with Crippen molar-refractivity contribution in [3.05, 3.63) is 23.8 Å². The van der Waals surface area contributed by atoms with Crippen LogP contribution >= 0.6 is 0 Å². The predicted octanol–water partition coefficient (Wildman–Crippen LogP) is 1.12. The average Bonchev–Trinajstić information content (AvgIpc) is 2.74. The van der Waals surface area contributed by atoms with Crippen molar-refractivity contribution < 1.29 is 22.7 Å². The van der Waals surface area contributed by atoms with Crippen LogP contribution in [0, 0.1) is 0 Å². The monoisotopic (exact) mass is 299 g/mol. The highest BCUT2D eigenvalue weighted by molar-refractivity contribution is 7.92. The van der Waals surface area contributed by atoms with Gasteiger partial charge in [0.1, 0.15) is 5.75 Å². The number of methoxy groups -OCH3 is 1. The lowest BCUT2D eigenvalue weighted by atomic mass is 10.0. The van der Waals surface area contributed by atoms with Crippen LogP contribution in [-0.2, 0) is 19.6 Å². The van der Waals surface area contributed by atoms with E-state index in [1.807, 2.05) is 6.07 Å². The third-order valence-corrected chi connectivity index (χ3v) is 4.37. The quantitative estimate of drug-likeness (QED) is 0.779. The Bertz CT molecular complexity index is 626. The lowest BCUT2D eigenvalue weighted by Crippen LogP contribution is -2.29. The molecule has 1 aromatic carbocycles. The molecule has 0 bridgehead atoms. The van der Waals surface area contributed by atoms with E-state index < -0.39 is 10.0 Å². The molecule has 0 aliphatic carbocycles. The molecule has 0 radical (unpaired) electrons. The van der Waals surface area contributed by atoms with Gasteiger partial charge in [-0.15, -0.1) is 0 Å². The van der Waals surface area contributed by atoms with Crippen LogP contribution in [0.2, 0.25) is 0 Å². The molecule has 6 nitrogen and oxygen atoms in total. The summed E-state index contributed by atoms with van der Waals surface area (Å²) < 4.78 is 35.2. The Balaban J connectivity index is 2.38. The highest BCUT2D eigenvalue weighted by Gasteiger charge is 2.34. The topological polar surface area (TPSA) is 72.9 Å². The maximum absolute atomic E-state index is 11.9. The fraction of sp³-hybridized carbons (Fsp3) is 0.462. The molecule has 110 valence electrons. The Kier molecular flexibility index (Phi) is 3.89. The molecular formula is C13H17NO5S. The average molecular weight is 299 g/mol. The van der Waals surface area contributed by atoms with Crippen LogP contribution in [0.4, 0.5) is 5.69 Å². The molecule has 2 rings (SSSR count). The standard InChI is InChI=1S/C13H17NO5S/c1-9(15)19-8-10-7-14(20(3,16)17)13-6-11(18-2)4-5-12(10)13/h4-6,10H,7-8H2,1-3H3/t10-/m0/s1. The molecule has 1 aliphatic rings. The third-order valence-electron chi connectivity index (χ3n) is 3.22. The Labute approximate surface area is 118 Å². The van der Waals surface area contributed by atoms with Gasteiger partial charge in [0.15, 0.2) is 0 Å². The molecule has 0 aromatic heterocycles. The molecule has 0 amide bonds. The molecular weight excluding hydrogens is 282 g/mol. The fourth-order valence-electron chi connectivity index (χ4n) is 2.28. The van der Waals surface area contributed by atoms with E-state index in [0.717, 1.165) is 11.8 Å². The second-order valence-corrected chi connectivity index (χ2v) is 6.63. The van der Waals surface area contributed by atoms with Crippen molar-refractivity contribution in [3.63, 3.8) is 0 Å². The van der Waals surface area contributed by atoms with Crippen molar-refractivity contribution in [2.45, 2.75) is 12.8 Å². The number of ether oxygens (including phenoxy) is 2. The van der Waals surface area contributed by atoms with Crippen LogP contribution in [0.15, 0.2) is 18.2 Å². The van der Waals surface area contributed by atoms with Crippen LogP contribution in [0.5, 0.6) is 5.75 Å². The van der Waals surface area contributed by atoms with E-state index in [4.69, 9.17) is 9.47 Å². The van der Waals surface area contributed by atoms with Crippen LogP contribution in [0.3, 0.4) is 0 Å². The third kappa shape index (κ3) is 2.87. The molecule has 0 saturated carbocycles. The van der Waals surface area contributed by atoms with Crippen molar-refractivity contribution in [1.29, 1.82) is 0 Å². The minimum absolute atomic E-state index is 0.158. The van der Waals surface area contributed by atoms with Crippen LogP contribution in [0.1, 0.15) is 18.4 Å². The Morgan fingerprint density at radius 3 is 2.70 bits per heavy atom. The predicted molar refractivity (Wildman–Crippen MR) is 74.6 cm³/mol. The lowest BCUT2D eigenvalue weighted by molar-refractivity contribution is -0.141. The van der Waals surface area contributed by atoms with E-state index in [1.165, 1.54) is 18.3 Å². The molecule has 0 saturated heterocycles. The second-order valence-electron chi connectivity index (χ2n) is 4.72. The minimum atomic E-state index is -3.38. The molecule has 1 atom stereocenters. The van der Waals surface area contributed by atoms with Gasteiger partial charge in [-0.1, -0.05) is 6.07 Å². The van der Waals surface area contributed by atoms with Gasteiger partial charge in [-0.05, 0) is 11.6 Å². The molecule has 7 heteroatoms.